The van der Waals surface area contributed by atoms with Gasteiger partial charge in [-0.3, -0.25) is 4.79 Å². The molecular formula is C23H20F3NO3S. The molecule has 0 N–H and O–H groups in total. The largest absolute Gasteiger partial charge is 0.493 e. The average molecular weight is 447 g/mol. The van der Waals surface area contributed by atoms with Gasteiger partial charge in [0.05, 0.1) is 31.4 Å². The number of carbonyl (C=O) groups excluding carboxylic acids is 1. The first-order chi connectivity index (χ1) is 14.8. The lowest BCUT2D eigenvalue weighted by Crippen LogP contribution is -2.41. The van der Waals surface area contributed by atoms with Gasteiger partial charge in [0.15, 0.2) is 11.5 Å². The summed E-state index contributed by atoms with van der Waals surface area (Å²) in [5, 5.41) is 1.89. The number of thiophene rings is 1. The van der Waals surface area contributed by atoms with Gasteiger partial charge < -0.3 is 14.4 Å². The van der Waals surface area contributed by atoms with Crippen molar-refractivity contribution >= 4 is 17.2 Å². The number of alkyl halides is 3. The Morgan fingerprint density at radius 3 is 2.42 bits per heavy atom. The summed E-state index contributed by atoms with van der Waals surface area (Å²) < 4.78 is 51.5. The van der Waals surface area contributed by atoms with Crippen LogP contribution in [0.25, 0.3) is 0 Å². The van der Waals surface area contributed by atoms with Crippen LogP contribution >= 0.6 is 11.3 Å². The summed E-state index contributed by atoms with van der Waals surface area (Å²) in [6.07, 6.45) is -4.12. The standard InChI is InChI=1S/C23H20F3NO3S/c1-29-18-12-14-9-10-27(22(28)15-6-3-4-7-17(15)23(24,25)26)21(20-8-5-11-31-20)16(14)13-19(18)30-2/h3-8,11-13,21H,9-10H2,1-2H3/t21-/m1/s1. The maximum Gasteiger partial charge on any atom is 0.417 e. The van der Waals surface area contributed by atoms with Crippen LogP contribution in [-0.4, -0.2) is 31.6 Å². The molecule has 8 heteroatoms. The Morgan fingerprint density at radius 1 is 1.06 bits per heavy atom. The Bertz CT molecular complexity index is 1100. The predicted octanol–water partition coefficient (Wildman–Crippen LogP) is 5.57. The Labute approximate surface area is 181 Å². The fraction of sp³-hybridized carbons (Fsp3) is 0.261. The zero-order chi connectivity index (χ0) is 22.2. The summed E-state index contributed by atoms with van der Waals surface area (Å²) in [5.74, 6) is 0.438. The van der Waals surface area contributed by atoms with Crippen molar-refractivity contribution in [1.29, 1.82) is 0 Å². The molecule has 0 saturated carbocycles. The van der Waals surface area contributed by atoms with Crippen molar-refractivity contribution in [2.45, 2.75) is 18.6 Å². The fourth-order valence-electron chi connectivity index (χ4n) is 3.99. The second-order valence-corrected chi connectivity index (χ2v) is 8.10. The summed E-state index contributed by atoms with van der Waals surface area (Å²) >= 11 is 1.45. The van der Waals surface area contributed by atoms with Crippen LogP contribution in [0, 0.1) is 0 Å². The number of nitrogens with zero attached hydrogens (tertiary/aromatic N) is 1. The van der Waals surface area contributed by atoms with E-state index in [0.717, 1.165) is 22.1 Å². The van der Waals surface area contributed by atoms with E-state index in [1.807, 2.05) is 29.6 Å². The van der Waals surface area contributed by atoms with Gasteiger partial charge in [-0.05, 0) is 53.3 Å². The summed E-state index contributed by atoms with van der Waals surface area (Å²) in [5.41, 5.74) is 0.525. The quantitative estimate of drug-likeness (QED) is 0.525. The molecule has 0 fully saturated rings. The molecule has 2 heterocycles. The van der Waals surface area contributed by atoms with Crippen molar-refractivity contribution in [2.75, 3.05) is 20.8 Å². The molecule has 0 aliphatic carbocycles. The highest BCUT2D eigenvalue weighted by molar-refractivity contribution is 7.10. The van der Waals surface area contributed by atoms with Crippen LogP contribution in [0.15, 0.2) is 53.9 Å². The monoisotopic (exact) mass is 447 g/mol. The van der Waals surface area contributed by atoms with Crippen molar-refractivity contribution in [1.82, 2.24) is 4.90 Å². The minimum atomic E-state index is -4.62. The number of methoxy groups -OCH3 is 2. The van der Waals surface area contributed by atoms with Gasteiger partial charge in [0.1, 0.15) is 0 Å². The van der Waals surface area contributed by atoms with Crippen LogP contribution in [0.5, 0.6) is 11.5 Å². The maximum absolute atomic E-state index is 13.6. The Kier molecular flexibility index (Phi) is 5.66. The minimum absolute atomic E-state index is 0.288. The van der Waals surface area contributed by atoms with E-state index in [9.17, 15) is 18.0 Å². The summed E-state index contributed by atoms with van der Waals surface area (Å²) in [4.78, 5) is 15.8. The molecule has 2 aromatic carbocycles. The second-order valence-electron chi connectivity index (χ2n) is 7.12. The van der Waals surface area contributed by atoms with Crippen LogP contribution in [0.4, 0.5) is 13.2 Å². The number of carbonyl (C=O) groups is 1. The van der Waals surface area contributed by atoms with Crippen molar-refractivity contribution in [3.63, 3.8) is 0 Å². The second kappa shape index (κ2) is 8.26. The first kappa shape index (κ1) is 21.2. The molecule has 0 saturated heterocycles. The predicted molar refractivity (Wildman–Crippen MR) is 112 cm³/mol. The highest BCUT2D eigenvalue weighted by atomic mass is 32.1. The first-order valence-electron chi connectivity index (χ1n) is 9.60. The summed E-state index contributed by atoms with van der Waals surface area (Å²) in [7, 11) is 3.07. The summed E-state index contributed by atoms with van der Waals surface area (Å²) in [6.45, 7) is 0.288. The topological polar surface area (TPSA) is 38.8 Å². The van der Waals surface area contributed by atoms with Gasteiger partial charge in [-0.1, -0.05) is 18.2 Å². The number of amides is 1. The molecule has 1 amide bonds. The van der Waals surface area contributed by atoms with E-state index in [2.05, 4.69) is 0 Å². The van der Waals surface area contributed by atoms with Crippen molar-refractivity contribution in [3.05, 3.63) is 81.0 Å². The number of fused-ring (bicyclic) bond motifs is 1. The van der Waals surface area contributed by atoms with E-state index in [1.165, 1.54) is 41.5 Å². The van der Waals surface area contributed by atoms with E-state index in [4.69, 9.17) is 9.47 Å². The Balaban J connectivity index is 1.84. The molecule has 4 nitrogen and oxygen atoms in total. The lowest BCUT2D eigenvalue weighted by atomic mass is 9.90. The highest BCUT2D eigenvalue weighted by Gasteiger charge is 2.39. The number of benzene rings is 2. The van der Waals surface area contributed by atoms with E-state index in [-0.39, 0.29) is 12.1 Å². The van der Waals surface area contributed by atoms with Crippen LogP contribution in [0.3, 0.4) is 0 Å². The Morgan fingerprint density at radius 2 is 1.77 bits per heavy atom. The van der Waals surface area contributed by atoms with Gasteiger partial charge >= 0.3 is 6.18 Å². The van der Waals surface area contributed by atoms with Gasteiger partial charge in [0, 0.05) is 11.4 Å². The van der Waals surface area contributed by atoms with E-state index >= 15 is 0 Å². The number of ether oxygens (including phenoxy) is 2. The van der Waals surface area contributed by atoms with E-state index in [0.29, 0.717) is 17.9 Å². The SMILES string of the molecule is COc1cc2c(cc1OC)[C@H](c1cccs1)N(C(=O)c1ccccc1C(F)(F)F)CC2. The highest BCUT2D eigenvalue weighted by Crippen LogP contribution is 2.43. The average Bonchev–Trinajstić information content (AvgIpc) is 3.30. The molecule has 1 aromatic heterocycles. The van der Waals surface area contributed by atoms with E-state index in [1.54, 1.807) is 7.11 Å². The Hall–Kier alpha value is -3.00. The lowest BCUT2D eigenvalue weighted by molar-refractivity contribution is -0.138. The third-order valence-electron chi connectivity index (χ3n) is 5.41. The van der Waals surface area contributed by atoms with Crippen molar-refractivity contribution < 1.29 is 27.4 Å². The molecule has 1 aliphatic rings. The third-order valence-corrected chi connectivity index (χ3v) is 6.33. The van der Waals surface area contributed by atoms with Crippen LogP contribution in [0.1, 0.15) is 38.0 Å². The molecule has 162 valence electrons. The molecule has 3 aromatic rings. The molecule has 0 spiro atoms. The van der Waals surface area contributed by atoms with Gasteiger partial charge in [-0.15, -0.1) is 11.3 Å². The van der Waals surface area contributed by atoms with Crippen molar-refractivity contribution in [2.24, 2.45) is 0 Å². The number of rotatable bonds is 4. The number of halogens is 3. The minimum Gasteiger partial charge on any atom is -0.493 e. The number of hydrogen-bond acceptors (Lipinski definition) is 4. The van der Waals surface area contributed by atoms with Crippen LogP contribution in [-0.2, 0) is 12.6 Å². The zero-order valence-electron chi connectivity index (χ0n) is 16.9. The molecule has 31 heavy (non-hydrogen) atoms. The maximum atomic E-state index is 13.6. The molecule has 1 atom stereocenters. The van der Waals surface area contributed by atoms with Crippen molar-refractivity contribution in [3.8, 4) is 11.5 Å². The van der Waals surface area contributed by atoms with Crippen LogP contribution < -0.4 is 9.47 Å². The van der Waals surface area contributed by atoms with E-state index < -0.39 is 23.7 Å². The molecule has 1 aliphatic heterocycles. The normalized spacial score (nSPS) is 16.0. The fourth-order valence-corrected chi connectivity index (χ4v) is 4.84. The third kappa shape index (κ3) is 3.87. The zero-order valence-corrected chi connectivity index (χ0v) is 17.7. The van der Waals surface area contributed by atoms with Gasteiger partial charge in [-0.2, -0.15) is 13.2 Å². The van der Waals surface area contributed by atoms with Gasteiger partial charge in [0.2, 0.25) is 0 Å². The molecular weight excluding hydrogens is 427 g/mol. The first-order valence-corrected chi connectivity index (χ1v) is 10.5. The number of hydrogen-bond donors (Lipinski definition) is 0. The lowest BCUT2D eigenvalue weighted by Gasteiger charge is -2.38. The summed E-state index contributed by atoms with van der Waals surface area (Å²) in [6, 6.07) is 11.8. The molecule has 0 bridgehead atoms. The molecule has 4 rings (SSSR count). The van der Waals surface area contributed by atoms with Gasteiger partial charge in [0.25, 0.3) is 5.91 Å². The van der Waals surface area contributed by atoms with Crippen LogP contribution in [0.2, 0.25) is 0 Å². The molecule has 0 radical (unpaired) electrons. The smallest absolute Gasteiger partial charge is 0.417 e. The van der Waals surface area contributed by atoms with Gasteiger partial charge in [-0.25, -0.2) is 0 Å². The molecule has 0 unspecified atom stereocenters.